The van der Waals surface area contributed by atoms with E-state index in [4.69, 9.17) is 5.11 Å². The van der Waals surface area contributed by atoms with Crippen LogP contribution in [0.1, 0.15) is 13.8 Å². The minimum atomic E-state index is -4.66. The number of halogens is 3. The fraction of sp³-hybridized carbons (Fsp3) is 0.900. The summed E-state index contributed by atoms with van der Waals surface area (Å²) in [7, 11) is 0. The van der Waals surface area contributed by atoms with Gasteiger partial charge in [-0.25, -0.2) is 0 Å². The van der Waals surface area contributed by atoms with Gasteiger partial charge in [-0.15, -0.1) is 0 Å². The van der Waals surface area contributed by atoms with Crippen LogP contribution in [0.15, 0.2) is 0 Å². The van der Waals surface area contributed by atoms with Gasteiger partial charge < -0.3 is 10.0 Å². The number of carboxylic acids is 1. The molecule has 7 heteroatoms. The van der Waals surface area contributed by atoms with Crippen LogP contribution < -0.4 is 0 Å². The molecule has 0 radical (unpaired) electrons. The van der Waals surface area contributed by atoms with Crippen molar-refractivity contribution in [2.45, 2.75) is 20.0 Å². The number of hydrogen-bond acceptors (Lipinski definition) is 3. The number of alkyl halides is 3. The van der Waals surface area contributed by atoms with Crippen LogP contribution >= 0.6 is 11.8 Å². The smallest absolute Gasteiger partial charge is 0.403 e. The fourth-order valence-corrected chi connectivity index (χ4v) is 2.36. The molecule has 1 N–H and O–H groups in total. The summed E-state index contributed by atoms with van der Waals surface area (Å²) < 4.78 is 36.9. The summed E-state index contributed by atoms with van der Waals surface area (Å²) in [6, 6.07) is 0. The maximum Gasteiger partial charge on any atom is 0.403 e. The largest absolute Gasteiger partial charge is 0.481 e. The lowest BCUT2D eigenvalue weighted by atomic mass is 10.2. The van der Waals surface area contributed by atoms with Crippen molar-refractivity contribution in [1.29, 1.82) is 0 Å². The first-order valence-corrected chi connectivity index (χ1v) is 6.58. The van der Waals surface area contributed by atoms with Crippen molar-refractivity contribution < 1.29 is 23.1 Å². The number of hydrogen-bond donors (Lipinski definition) is 1. The van der Waals surface area contributed by atoms with Gasteiger partial charge in [-0.3, -0.25) is 4.79 Å². The Morgan fingerprint density at radius 2 is 1.88 bits per heavy atom. The predicted molar refractivity (Wildman–Crippen MR) is 62.3 cm³/mol. The lowest BCUT2D eigenvalue weighted by Gasteiger charge is -2.19. The van der Waals surface area contributed by atoms with E-state index in [9.17, 15) is 18.0 Å². The molecule has 17 heavy (non-hydrogen) atoms. The number of aliphatic carboxylic acids is 1. The van der Waals surface area contributed by atoms with Gasteiger partial charge in [-0.1, -0.05) is 13.8 Å². The zero-order chi connectivity index (χ0) is 13.5. The zero-order valence-electron chi connectivity index (χ0n) is 9.96. The van der Waals surface area contributed by atoms with E-state index in [1.54, 1.807) is 0 Å². The van der Waals surface area contributed by atoms with E-state index in [-0.39, 0.29) is 0 Å². The molecule has 0 saturated heterocycles. The van der Waals surface area contributed by atoms with Gasteiger partial charge >= 0.3 is 12.1 Å². The van der Waals surface area contributed by atoms with Gasteiger partial charge in [0.25, 0.3) is 0 Å². The second-order valence-corrected chi connectivity index (χ2v) is 4.68. The van der Waals surface area contributed by atoms with Crippen LogP contribution in [-0.4, -0.2) is 53.3 Å². The Bertz CT molecular complexity index is 232. The second kappa shape index (κ2) is 7.81. The highest BCUT2D eigenvalue weighted by atomic mass is 32.2. The highest BCUT2D eigenvalue weighted by Gasteiger charge is 2.44. The van der Waals surface area contributed by atoms with Crippen molar-refractivity contribution in [2.75, 3.05) is 31.1 Å². The first-order valence-electron chi connectivity index (χ1n) is 5.42. The van der Waals surface area contributed by atoms with E-state index < -0.39 is 23.8 Å². The van der Waals surface area contributed by atoms with Crippen molar-refractivity contribution in [3.05, 3.63) is 0 Å². The molecule has 0 spiro atoms. The Hall–Kier alpha value is -0.430. The fourth-order valence-electron chi connectivity index (χ4n) is 1.24. The minimum absolute atomic E-state index is 0.417. The van der Waals surface area contributed by atoms with Crippen molar-refractivity contribution in [2.24, 2.45) is 5.92 Å². The van der Waals surface area contributed by atoms with Gasteiger partial charge in [0, 0.05) is 18.1 Å². The topological polar surface area (TPSA) is 40.5 Å². The quantitative estimate of drug-likeness (QED) is 0.689. The van der Waals surface area contributed by atoms with Crippen molar-refractivity contribution in [3.63, 3.8) is 0 Å². The molecule has 0 aliphatic heterocycles. The molecule has 0 amide bonds. The van der Waals surface area contributed by atoms with Crippen LogP contribution in [0.25, 0.3) is 0 Å². The molecule has 1 unspecified atom stereocenters. The number of carboxylic acid groups (broad SMARTS) is 1. The van der Waals surface area contributed by atoms with Gasteiger partial charge in [-0.05, 0) is 13.1 Å². The molecule has 0 bridgehead atoms. The van der Waals surface area contributed by atoms with Crippen molar-refractivity contribution in [3.8, 4) is 0 Å². The molecular weight excluding hydrogens is 255 g/mol. The Morgan fingerprint density at radius 1 is 1.35 bits per heavy atom. The monoisotopic (exact) mass is 273 g/mol. The minimum Gasteiger partial charge on any atom is -0.481 e. The van der Waals surface area contributed by atoms with Gasteiger partial charge in [0.2, 0.25) is 0 Å². The third kappa shape index (κ3) is 6.78. The molecule has 0 heterocycles. The number of carbonyl (C=O) groups is 1. The van der Waals surface area contributed by atoms with Crippen LogP contribution in [0.5, 0.6) is 0 Å². The first-order chi connectivity index (χ1) is 7.82. The first kappa shape index (κ1) is 16.6. The summed E-state index contributed by atoms with van der Waals surface area (Å²) in [5.41, 5.74) is 0. The summed E-state index contributed by atoms with van der Waals surface area (Å²) in [5, 5.41) is 8.47. The molecule has 0 aromatic rings. The summed E-state index contributed by atoms with van der Waals surface area (Å²) >= 11 is 1.03. The average Bonchev–Trinajstić information content (AvgIpc) is 2.21. The van der Waals surface area contributed by atoms with Crippen LogP contribution in [0.3, 0.4) is 0 Å². The van der Waals surface area contributed by atoms with E-state index in [1.807, 2.05) is 13.8 Å². The van der Waals surface area contributed by atoms with E-state index >= 15 is 0 Å². The summed E-state index contributed by atoms with van der Waals surface area (Å²) in [6.07, 6.45) is -4.66. The zero-order valence-corrected chi connectivity index (χ0v) is 10.8. The van der Waals surface area contributed by atoms with Crippen LogP contribution in [0, 0.1) is 5.92 Å². The molecule has 0 rings (SSSR count). The molecule has 0 aliphatic rings. The van der Waals surface area contributed by atoms with E-state index in [0.29, 0.717) is 12.3 Å². The Morgan fingerprint density at radius 3 is 2.24 bits per heavy atom. The Labute approximate surface area is 103 Å². The van der Waals surface area contributed by atoms with Gasteiger partial charge in [0.05, 0.1) is 0 Å². The van der Waals surface area contributed by atoms with Gasteiger partial charge in [0.15, 0.2) is 5.92 Å². The molecule has 3 nitrogen and oxygen atoms in total. The standard InChI is InChI=1S/C10H18F3NO2S/c1-3-14(4-2)5-6-17-7-8(9(15)16)10(11,12)13/h8H,3-7H2,1-2H3,(H,15,16). The molecule has 1 atom stereocenters. The number of rotatable bonds is 8. The highest BCUT2D eigenvalue weighted by molar-refractivity contribution is 7.99. The Balaban J connectivity index is 3.96. The Kier molecular flexibility index (Phi) is 7.61. The number of nitrogens with zero attached hydrogens (tertiary/aromatic N) is 1. The third-order valence-electron chi connectivity index (χ3n) is 2.42. The summed E-state index contributed by atoms with van der Waals surface area (Å²) in [6.45, 7) is 6.33. The lowest BCUT2D eigenvalue weighted by molar-refractivity contribution is -0.188. The van der Waals surface area contributed by atoms with Crippen LogP contribution in [-0.2, 0) is 4.79 Å². The SMILES string of the molecule is CCN(CC)CCSCC(C(=O)O)C(F)(F)F. The van der Waals surface area contributed by atoms with Gasteiger partial charge in [-0.2, -0.15) is 24.9 Å². The molecule has 0 aromatic carbocycles. The van der Waals surface area contributed by atoms with Crippen LogP contribution in [0.4, 0.5) is 13.2 Å². The second-order valence-electron chi connectivity index (χ2n) is 3.53. The maximum absolute atomic E-state index is 12.3. The molecule has 0 aromatic heterocycles. The molecule has 0 fully saturated rings. The van der Waals surface area contributed by atoms with Crippen molar-refractivity contribution >= 4 is 17.7 Å². The highest BCUT2D eigenvalue weighted by Crippen LogP contribution is 2.29. The maximum atomic E-state index is 12.3. The van der Waals surface area contributed by atoms with Gasteiger partial charge in [0.1, 0.15) is 0 Å². The predicted octanol–water partition coefficient (Wildman–Crippen LogP) is 2.32. The van der Waals surface area contributed by atoms with E-state index in [0.717, 1.165) is 24.9 Å². The average molecular weight is 273 g/mol. The van der Waals surface area contributed by atoms with E-state index in [2.05, 4.69) is 4.90 Å². The summed E-state index contributed by atoms with van der Waals surface area (Å²) in [4.78, 5) is 12.5. The molecular formula is C10H18F3NO2S. The van der Waals surface area contributed by atoms with E-state index in [1.165, 1.54) is 0 Å². The number of thioether (sulfide) groups is 1. The molecule has 102 valence electrons. The summed E-state index contributed by atoms with van der Waals surface area (Å²) in [5.74, 6) is -3.96. The third-order valence-corrected chi connectivity index (χ3v) is 3.46. The van der Waals surface area contributed by atoms with Crippen molar-refractivity contribution in [1.82, 2.24) is 4.90 Å². The lowest BCUT2D eigenvalue weighted by Crippen LogP contribution is -2.33. The molecule has 0 aliphatic carbocycles. The molecule has 0 saturated carbocycles. The van der Waals surface area contributed by atoms with Crippen LogP contribution in [0.2, 0.25) is 0 Å². The normalized spacial score (nSPS) is 14.0.